The van der Waals surface area contributed by atoms with E-state index in [1.807, 2.05) is 17.7 Å². The summed E-state index contributed by atoms with van der Waals surface area (Å²) >= 11 is 0. The second kappa shape index (κ2) is 7.38. The number of imidazole rings is 1. The molecule has 0 saturated carbocycles. The Morgan fingerprint density at radius 2 is 2.14 bits per heavy atom. The summed E-state index contributed by atoms with van der Waals surface area (Å²) in [4.78, 5) is 19.0. The maximum atomic E-state index is 12.8. The minimum atomic E-state index is -3.72. The number of anilines is 1. The van der Waals surface area contributed by atoms with Crippen LogP contribution in [0.15, 0.2) is 46.0 Å². The summed E-state index contributed by atoms with van der Waals surface area (Å²) in [5, 5.41) is 3.16. The molecule has 28 heavy (non-hydrogen) atoms. The molecule has 1 aromatic heterocycles. The molecule has 1 N–H and O–H groups in total. The van der Waals surface area contributed by atoms with Gasteiger partial charge in [-0.3, -0.25) is 4.79 Å². The molecule has 3 heterocycles. The number of aromatic nitrogens is 2. The van der Waals surface area contributed by atoms with Crippen LogP contribution >= 0.6 is 0 Å². The summed E-state index contributed by atoms with van der Waals surface area (Å²) in [5.41, 5.74) is 0.543. The van der Waals surface area contributed by atoms with Crippen molar-refractivity contribution in [3.63, 3.8) is 0 Å². The third kappa shape index (κ3) is 3.54. The highest BCUT2D eigenvalue weighted by Gasteiger charge is 2.32. The summed E-state index contributed by atoms with van der Waals surface area (Å²) in [7, 11) is -3.72. The maximum Gasteiger partial charge on any atom is 0.286 e. The zero-order valence-electron chi connectivity index (χ0n) is 15.7. The molecule has 1 atom stereocenters. The number of likely N-dealkylation sites (tertiary alicyclic amines) is 1. The van der Waals surface area contributed by atoms with E-state index in [0.717, 1.165) is 25.1 Å². The summed E-state index contributed by atoms with van der Waals surface area (Å²) in [6, 6.07) is 6.75. The van der Waals surface area contributed by atoms with Crippen LogP contribution in [0, 0.1) is 5.92 Å². The number of carbonyl (C=O) groups is 1. The van der Waals surface area contributed by atoms with Crippen molar-refractivity contribution in [2.24, 2.45) is 10.3 Å². The highest BCUT2D eigenvalue weighted by Crippen LogP contribution is 2.30. The number of benzene rings is 1. The number of aryl methyl sites for hydroxylation is 1. The molecule has 1 fully saturated rings. The maximum absolute atomic E-state index is 12.8. The summed E-state index contributed by atoms with van der Waals surface area (Å²) in [6.07, 6.45) is 5.88. The lowest BCUT2D eigenvalue weighted by Crippen LogP contribution is -2.45. The van der Waals surface area contributed by atoms with Gasteiger partial charge in [-0.05, 0) is 25.0 Å². The molecule has 148 valence electrons. The van der Waals surface area contributed by atoms with E-state index < -0.39 is 10.0 Å². The van der Waals surface area contributed by atoms with Crippen molar-refractivity contribution in [1.82, 2.24) is 14.5 Å². The van der Waals surface area contributed by atoms with Crippen molar-refractivity contribution in [2.75, 3.05) is 18.4 Å². The van der Waals surface area contributed by atoms with E-state index in [-0.39, 0.29) is 23.3 Å². The van der Waals surface area contributed by atoms with E-state index in [4.69, 9.17) is 0 Å². The molecule has 0 aliphatic carbocycles. The van der Waals surface area contributed by atoms with E-state index in [1.165, 1.54) is 0 Å². The molecule has 1 aromatic carbocycles. The van der Waals surface area contributed by atoms with Crippen molar-refractivity contribution in [3.05, 3.63) is 42.5 Å². The molecule has 2 aliphatic heterocycles. The van der Waals surface area contributed by atoms with E-state index in [1.54, 1.807) is 35.4 Å². The number of fused-ring (bicyclic) bond motifs is 1. The van der Waals surface area contributed by atoms with Crippen molar-refractivity contribution < 1.29 is 13.2 Å². The number of nitrogens with one attached hydrogen (secondary N) is 1. The first-order chi connectivity index (χ1) is 13.5. The normalized spacial score (nSPS) is 20.8. The topological polar surface area (TPSA) is 96.7 Å². The smallest absolute Gasteiger partial charge is 0.286 e. The average Bonchev–Trinajstić information content (AvgIpc) is 3.14. The predicted octanol–water partition coefficient (Wildman–Crippen LogP) is 1.90. The molecule has 0 unspecified atom stereocenters. The summed E-state index contributed by atoms with van der Waals surface area (Å²) in [5.74, 6) is 1.18. The Labute approximate surface area is 164 Å². The standard InChI is InChI=1S/C19H23N5O3S/c1-2-17-20-9-11-23(17)13-18(25)24-10-5-6-14(12-24)19-21-15-7-3-4-8-16(15)28(26,27)22-19/h3-4,7-9,11,14H,2,5-6,10,12-13H2,1H3,(H,21,22)/t14-/m1/s1. The van der Waals surface area contributed by atoms with E-state index >= 15 is 0 Å². The molecule has 0 spiro atoms. The van der Waals surface area contributed by atoms with Crippen LogP contribution in [0.1, 0.15) is 25.6 Å². The molecule has 0 radical (unpaired) electrons. The number of amidine groups is 1. The molecule has 8 nitrogen and oxygen atoms in total. The highest BCUT2D eigenvalue weighted by atomic mass is 32.2. The Balaban J connectivity index is 1.50. The zero-order valence-corrected chi connectivity index (χ0v) is 16.5. The van der Waals surface area contributed by atoms with Crippen LogP contribution in [0.5, 0.6) is 0 Å². The van der Waals surface area contributed by atoms with Crippen molar-refractivity contribution >= 4 is 27.5 Å². The predicted molar refractivity (Wildman–Crippen MR) is 106 cm³/mol. The van der Waals surface area contributed by atoms with E-state index in [9.17, 15) is 13.2 Å². The fraction of sp³-hybridized carbons (Fsp3) is 0.421. The minimum absolute atomic E-state index is 0.0112. The zero-order chi connectivity index (χ0) is 19.7. The van der Waals surface area contributed by atoms with Gasteiger partial charge in [-0.25, -0.2) is 4.98 Å². The highest BCUT2D eigenvalue weighted by molar-refractivity contribution is 7.90. The lowest BCUT2D eigenvalue weighted by molar-refractivity contribution is -0.133. The Morgan fingerprint density at radius 3 is 2.96 bits per heavy atom. The number of rotatable bonds is 4. The number of sulfonamides is 1. The Kier molecular flexibility index (Phi) is 4.92. The van der Waals surface area contributed by atoms with Crippen LogP contribution in [-0.4, -0.2) is 47.7 Å². The van der Waals surface area contributed by atoms with Gasteiger partial charge in [-0.1, -0.05) is 19.1 Å². The fourth-order valence-corrected chi connectivity index (χ4v) is 4.98. The van der Waals surface area contributed by atoms with Gasteiger partial charge in [0, 0.05) is 37.8 Å². The summed E-state index contributed by atoms with van der Waals surface area (Å²) < 4.78 is 30.9. The number of amides is 1. The van der Waals surface area contributed by atoms with Gasteiger partial charge in [0.15, 0.2) is 0 Å². The van der Waals surface area contributed by atoms with Crippen LogP contribution in [0.3, 0.4) is 0 Å². The number of nitrogens with zero attached hydrogens (tertiary/aromatic N) is 4. The number of hydrogen-bond acceptors (Lipinski definition) is 5. The molecule has 9 heteroatoms. The molecule has 1 saturated heterocycles. The Bertz CT molecular complexity index is 1030. The third-order valence-electron chi connectivity index (χ3n) is 5.23. The quantitative estimate of drug-likeness (QED) is 0.844. The lowest BCUT2D eigenvalue weighted by Gasteiger charge is -2.34. The van der Waals surface area contributed by atoms with Crippen LogP contribution in [0.25, 0.3) is 0 Å². The molecule has 0 bridgehead atoms. The third-order valence-corrected chi connectivity index (χ3v) is 6.58. The largest absolute Gasteiger partial charge is 0.342 e. The van der Waals surface area contributed by atoms with Gasteiger partial charge >= 0.3 is 0 Å². The van der Waals surface area contributed by atoms with Crippen LogP contribution < -0.4 is 5.32 Å². The Hall–Kier alpha value is -2.68. The second-order valence-electron chi connectivity index (χ2n) is 7.08. The van der Waals surface area contributed by atoms with E-state index in [0.29, 0.717) is 24.6 Å². The van der Waals surface area contributed by atoms with Crippen molar-refractivity contribution in [1.29, 1.82) is 0 Å². The number of para-hydroxylation sites is 1. The average molecular weight is 401 g/mol. The molecule has 2 aliphatic rings. The van der Waals surface area contributed by atoms with Gasteiger partial charge < -0.3 is 14.8 Å². The van der Waals surface area contributed by atoms with Gasteiger partial charge in [0.05, 0.1) is 5.69 Å². The SMILES string of the molecule is CCc1nccn1CC(=O)N1CCC[C@@H](C2=NS(=O)(=O)c3ccccc3N2)C1. The molecule has 1 amide bonds. The molecular weight excluding hydrogens is 378 g/mol. The number of piperidine rings is 1. The number of carbonyl (C=O) groups excluding carboxylic acids is 1. The number of hydrogen-bond donors (Lipinski definition) is 1. The first-order valence-electron chi connectivity index (χ1n) is 9.46. The summed E-state index contributed by atoms with van der Waals surface area (Å²) in [6.45, 7) is 3.38. The van der Waals surface area contributed by atoms with Crippen LogP contribution in [-0.2, 0) is 27.8 Å². The van der Waals surface area contributed by atoms with Gasteiger partial charge in [0.1, 0.15) is 23.1 Å². The van der Waals surface area contributed by atoms with Gasteiger partial charge in [-0.2, -0.15) is 8.42 Å². The van der Waals surface area contributed by atoms with Gasteiger partial charge in [-0.15, -0.1) is 4.40 Å². The van der Waals surface area contributed by atoms with E-state index in [2.05, 4.69) is 14.7 Å². The van der Waals surface area contributed by atoms with Gasteiger partial charge in [0.2, 0.25) is 5.91 Å². The molecule has 4 rings (SSSR count). The first kappa shape index (κ1) is 18.7. The fourth-order valence-electron chi connectivity index (χ4n) is 3.78. The molecule has 2 aromatic rings. The minimum Gasteiger partial charge on any atom is -0.342 e. The Morgan fingerprint density at radius 1 is 1.32 bits per heavy atom. The second-order valence-corrected chi connectivity index (χ2v) is 8.65. The van der Waals surface area contributed by atoms with Crippen LogP contribution in [0.2, 0.25) is 0 Å². The van der Waals surface area contributed by atoms with Crippen molar-refractivity contribution in [3.8, 4) is 0 Å². The molecular formula is C19H23N5O3S. The monoisotopic (exact) mass is 401 g/mol. The van der Waals surface area contributed by atoms with Crippen LogP contribution in [0.4, 0.5) is 5.69 Å². The first-order valence-corrected chi connectivity index (χ1v) is 10.9. The lowest BCUT2D eigenvalue weighted by atomic mass is 9.96. The van der Waals surface area contributed by atoms with Crippen molar-refractivity contribution in [2.45, 2.75) is 37.6 Å². The van der Waals surface area contributed by atoms with Gasteiger partial charge in [0.25, 0.3) is 10.0 Å².